The Morgan fingerprint density at radius 3 is 1.24 bits per heavy atom. The molecule has 3 aliphatic carbocycles. The lowest BCUT2D eigenvalue weighted by Gasteiger charge is -2.45. The standard InChI is InChI=1S/C28H20N2O4/c31-21-13-14-22(32)29(21)15-9-11-16(12-10-15)30-27(33)25-23-17-5-1-2-6-18(17)24(26(25)28(30)34)20-8-4-3-7-19(20)23/h1-12,23-26H,13-14H2/t23?,24?,25-,26+. The van der Waals surface area contributed by atoms with E-state index in [0.717, 1.165) is 22.3 Å². The number of nitrogens with zero attached hydrogens (tertiary/aromatic N) is 2. The summed E-state index contributed by atoms with van der Waals surface area (Å²) < 4.78 is 0. The van der Waals surface area contributed by atoms with Gasteiger partial charge in [0.25, 0.3) is 0 Å². The third-order valence-electron chi connectivity index (χ3n) is 7.87. The van der Waals surface area contributed by atoms with Crippen LogP contribution >= 0.6 is 0 Å². The van der Waals surface area contributed by atoms with Gasteiger partial charge in [-0.25, -0.2) is 4.90 Å². The smallest absolute Gasteiger partial charge is 0.238 e. The van der Waals surface area contributed by atoms with Gasteiger partial charge in [-0.3, -0.25) is 24.1 Å². The van der Waals surface area contributed by atoms with Crippen molar-refractivity contribution in [3.05, 3.63) is 95.1 Å². The Hall–Kier alpha value is -4.06. The SMILES string of the molecule is O=C1CCC(=O)N1c1ccc(N2C(=O)[C@@H]3C4c5ccccc5C(c5ccccc54)[C@@H]3C2=O)cc1. The number of anilines is 2. The van der Waals surface area contributed by atoms with E-state index in [0.29, 0.717) is 11.4 Å². The highest BCUT2D eigenvalue weighted by Gasteiger charge is 2.61. The molecule has 0 radical (unpaired) electrons. The van der Waals surface area contributed by atoms with Crippen LogP contribution in [0.1, 0.15) is 46.9 Å². The first kappa shape index (κ1) is 19.4. The second-order valence-corrected chi connectivity index (χ2v) is 9.42. The maximum atomic E-state index is 13.8. The molecule has 0 saturated carbocycles. The number of rotatable bonds is 2. The minimum Gasteiger partial charge on any atom is -0.274 e. The van der Waals surface area contributed by atoms with Crippen molar-refractivity contribution in [2.75, 3.05) is 9.80 Å². The summed E-state index contributed by atoms with van der Waals surface area (Å²) in [6.45, 7) is 0. The quantitative estimate of drug-likeness (QED) is 0.560. The summed E-state index contributed by atoms with van der Waals surface area (Å²) in [5.74, 6) is -2.02. The van der Waals surface area contributed by atoms with Crippen LogP contribution < -0.4 is 9.80 Å². The Kier molecular flexibility index (Phi) is 3.84. The first-order valence-corrected chi connectivity index (χ1v) is 11.6. The second kappa shape index (κ2) is 6.73. The van der Waals surface area contributed by atoms with Gasteiger partial charge in [0.15, 0.2) is 0 Å². The number of carbonyl (C=O) groups is 4. The molecule has 2 bridgehead atoms. The molecular formula is C28H20N2O4. The Balaban J connectivity index is 1.31. The van der Waals surface area contributed by atoms with Gasteiger partial charge in [0.05, 0.1) is 23.2 Å². The van der Waals surface area contributed by atoms with E-state index in [2.05, 4.69) is 24.3 Å². The summed E-state index contributed by atoms with van der Waals surface area (Å²) in [7, 11) is 0. The second-order valence-electron chi connectivity index (χ2n) is 9.42. The van der Waals surface area contributed by atoms with Gasteiger partial charge in [-0.05, 0) is 46.5 Å². The summed E-state index contributed by atoms with van der Waals surface area (Å²) in [6, 6.07) is 22.9. The molecule has 166 valence electrons. The molecular weight excluding hydrogens is 428 g/mol. The Morgan fingerprint density at radius 2 is 0.853 bits per heavy atom. The van der Waals surface area contributed by atoms with Crippen LogP contribution in [0.3, 0.4) is 0 Å². The summed E-state index contributed by atoms with van der Waals surface area (Å²) in [5, 5.41) is 0. The van der Waals surface area contributed by atoms with Gasteiger partial charge in [-0.15, -0.1) is 0 Å². The van der Waals surface area contributed by atoms with Crippen molar-refractivity contribution < 1.29 is 19.2 Å². The number of hydrogen-bond donors (Lipinski definition) is 0. The lowest BCUT2D eigenvalue weighted by Crippen LogP contribution is -2.41. The summed E-state index contributed by atoms with van der Waals surface area (Å²) in [4.78, 5) is 54.2. The Bertz CT molecular complexity index is 1290. The molecule has 8 rings (SSSR count). The van der Waals surface area contributed by atoms with Crippen LogP contribution in [-0.4, -0.2) is 23.6 Å². The Labute approximate surface area is 195 Å². The monoisotopic (exact) mass is 448 g/mol. The van der Waals surface area contributed by atoms with Crippen molar-refractivity contribution in [2.24, 2.45) is 11.8 Å². The maximum absolute atomic E-state index is 13.8. The fourth-order valence-corrected chi connectivity index (χ4v) is 6.55. The summed E-state index contributed by atoms with van der Waals surface area (Å²) in [5.41, 5.74) is 5.48. The number of benzene rings is 3. The summed E-state index contributed by atoms with van der Waals surface area (Å²) in [6.07, 6.45) is 0.411. The van der Waals surface area contributed by atoms with E-state index < -0.39 is 11.8 Å². The molecule has 2 saturated heterocycles. The van der Waals surface area contributed by atoms with E-state index in [9.17, 15) is 19.2 Å². The molecule has 2 aliphatic heterocycles. The molecule has 5 aliphatic rings. The molecule has 2 atom stereocenters. The number of carbonyl (C=O) groups excluding carboxylic acids is 4. The topological polar surface area (TPSA) is 74.8 Å². The molecule has 3 aromatic carbocycles. The molecule has 6 heteroatoms. The van der Waals surface area contributed by atoms with Gasteiger partial charge in [0.2, 0.25) is 23.6 Å². The third-order valence-corrected chi connectivity index (χ3v) is 7.87. The van der Waals surface area contributed by atoms with E-state index in [4.69, 9.17) is 0 Å². The lowest BCUT2D eigenvalue weighted by molar-refractivity contribution is -0.123. The first-order valence-electron chi connectivity index (χ1n) is 11.6. The van der Waals surface area contributed by atoms with Gasteiger partial charge in [-0.1, -0.05) is 48.5 Å². The van der Waals surface area contributed by atoms with Crippen molar-refractivity contribution in [2.45, 2.75) is 24.7 Å². The van der Waals surface area contributed by atoms with Gasteiger partial charge < -0.3 is 0 Å². The molecule has 3 aromatic rings. The molecule has 0 spiro atoms. The molecule has 0 aromatic heterocycles. The van der Waals surface area contributed by atoms with Crippen LogP contribution in [0.5, 0.6) is 0 Å². The molecule has 0 N–H and O–H groups in total. The third kappa shape index (κ3) is 2.35. The van der Waals surface area contributed by atoms with Crippen LogP contribution in [0, 0.1) is 11.8 Å². The zero-order valence-corrected chi connectivity index (χ0v) is 18.2. The highest BCUT2D eigenvalue weighted by molar-refractivity contribution is 6.24. The number of imide groups is 2. The van der Waals surface area contributed by atoms with Crippen molar-refractivity contribution in [1.29, 1.82) is 0 Å². The van der Waals surface area contributed by atoms with Gasteiger partial charge in [0.1, 0.15) is 0 Å². The highest BCUT2D eigenvalue weighted by Crippen LogP contribution is 2.61. The van der Waals surface area contributed by atoms with E-state index in [-0.39, 0.29) is 48.3 Å². The van der Waals surface area contributed by atoms with Crippen molar-refractivity contribution in [3.8, 4) is 0 Å². The zero-order valence-electron chi connectivity index (χ0n) is 18.2. The van der Waals surface area contributed by atoms with Crippen LogP contribution in [0.15, 0.2) is 72.8 Å². The summed E-state index contributed by atoms with van der Waals surface area (Å²) >= 11 is 0. The predicted octanol–water partition coefficient (Wildman–Crippen LogP) is 3.74. The van der Waals surface area contributed by atoms with E-state index in [1.54, 1.807) is 24.3 Å². The Morgan fingerprint density at radius 1 is 0.500 bits per heavy atom. The van der Waals surface area contributed by atoms with Gasteiger partial charge >= 0.3 is 0 Å². The minimum absolute atomic E-state index is 0.150. The van der Waals surface area contributed by atoms with E-state index >= 15 is 0 Å². The fourth-order valence-electron chi connectivity index (χ4n) is 6.55. The van der Waals surface area contributed by atoms with Crippen LogP contribution in [-0.2, 0) is 19.2 Å². The number of amides is 4. The fraction of sp³-hybridized carbons (Fsp3) is 0.214. The molecule has 34 heavy (non-hydrogen) atoms. The van der Waals surface area contributed by atoms with Crippen LogP contribution in [0.25, 0.3) is 0 Å². The minimum atomic E-state index is -0.441. The maximum Gasteiger partial charge on any atom is 0.238 e. The van der Waals surface area contributed by atoms with E-state index in [1.165, 1.54) is 9.80 Å². The van der Waals surface area contributed by atoms with Crippen molar-refractivity contribution >= 4 is 35.0 Å². The first-order chi connectivity index (χ1) is 16.6. The zero-order chi connectivity index (χ0) is 23.1. The average molecular weight is 448 g/mol. The van der Waals surface area contributed by atoms with E-state index in [1.807, 2.05) is 24.3 Å². The van der Waals surface area contributed by atoms with Crippen LogP contribution in [0.2, 0.25) is 0 Å². The molecule has 0 unspecified atom stereocenters. The predicted molar refractivity (Wildman–Crippen MR) is 124 cm³/mol. The molecule has 2 heterocycles. The molecule has 2 fully saturated rings. The van der Waals surface area contributed by atoms with Crippen LogP contribution in [0.4, 0.5) is 11.4 Å². The molecule has 6 nitrogen and oxygen atoms in total. The van der Waals surface area contributed by atoms with Gasteiger partial charge in [0, 0.05) is 24.7 Å². The normalized spacial score (nSPS) is 26.7. The van der Waals surface area contributed by atoms with Crippen molar-refractivity contribution in [1.82, 2.24) is 0 Å². The largest absolute Gasteiger partial charge is 0.274 e. The molecule has 4 amide bonds. The average Bonchev–Trinajstić information content (AvgIpc) is 3.34. The van der Waals surface area contributed by atoms with Crippen molar-refractivity contribution in [3.63, 3.8) is 0 Å². The lowest BCUT2D eigenvalue weighted by atomic mass is 9.55. The van der Waals surface area contributed by atoms with Gasteiger partial charge in [-0.2, -0.15) is 0 Å². The highest BCUT2D eigenvalue weighted by atomic mass is 16.2. The number of hydrogen-bond acceptors (Lipinski definition) is 4.